The van der Waals surface area contributed by atoms with E-state index in [0.717, 1.165) is 0 Å². The van der Waals surface area contributed by atoms with Gasteiger partial charge in [0.15, 0.2) is 6.61 Å². The molecule has 0 unspecified atom stereocenters. The number of carbonyl (C=O) groups excluding carboxylic acids is 2. The van der Waals surface area contributed by atoms with Crippen molar-refractivity contribution in [2.75, 3.05) is 11.9 Å². The molecule has 0 spiro atoms. The summed E-state index contributed by atoms with van der Waals surface area (Å²) in [6, 6.07) is 18.0. The molecule has 2 aromatic carbocycles. The molecule has 0 atom stereocenters. The van der Waals surface area contributed by atoms with Crippen LogP contribution in [0.25, 0.3) is 0 Å². The van der Waals surface area contributed by atoms with Crippen LogP contribution in [0.4, 0.5) is 14.5 Å². The van der Waals surface area contributed by atoms with Gasteiger partial charge in [-0.25, -0.2) is 4.79 Å². The predicted octanol–water partition coefficient (Wildman–Crippen LogP) is 4.97. The Kier molecular flexibility index (Phi) is 7.45. The van der Waals surface area contributed by atoms with Gasteiger partial charge in [0.2, 0.25) is 5.76 Å². The number of anilines is 1. The summed E-state index contributed by atoms with van der Waals surface area (Å²) in [7, 11) is 0. The predicted molar refractivity (Wildman–Crippen MR) is 107 cm³/mol. The van der Waals surface area contributed by atoms with Gasteiger partial charge in [-0.05, 0) is 48.5 Å². The fourth-order valence-corrected chi connectivity index (χ4v) is 2.85. The zero-order valence-electron chi connectivity index (χ0n) is 15.5. The number of benzene rings is 2. The summed E-state index contributed by atoms with van der Waals surface area (Å²) in [6.45, 7) is -0.388. The summed E-state index contributed by atoms with van der Waals surface area (Å²) < 4.78 is 40.4. The SMILES string of the molecule is O=C(COC(=O)c1ccc(COc2ccccc2)o1)Nc1ccc(SC(F)F)cc1. The van der Waals surface area contributed by atoms with Crippen molar-refractivity contribution in [1.29, 1.82) is 0 Å². The molecule has 0 radical (unpaired) electrons. The van der Waals surface area contributed by atoms with E-state index in [1.807, 2.05) is 18.2 Å². The highest BCUT2D eigenvalue weighted by molar-refractivity contribution is 7.99. The van der Waals surface area contributed by atoms with Crippen LogP contribution in [0.5, 0.6) is 5.75 Å². The summed E-state index contributed by atoms with van der Waals surface area (Å²) >= 11 is 0.407. The molecular formula is C21H17F2NO5S. The number of furan rings is 1. The third kappa shape index (κ3) is 6.63. The number of rotatable bonds is 9. The minimum atomic E-state index is -2.52. The van der Waals surface area contributed by atoms with Gasteiger partial charge in [-0.3, -0.25) is 4.79 Å². The van der Waals surface area contributed by atoms with E-state index >= 15 is 0 Å². The number of alkyl halides is 2. The monoisotopic (exact) mass is 433 g/mol. The average molecular weight is 433 g/mol. The van der Waals surface area contributed by atoms with Gasteiger partial charge in [0, 0.05) is 10.6 Å². The minimum Gasteiger partial charge on any atom is -0.486 e. The Balaban J connectivity index is 1.43. The lowest BCUT2D eigenvalue weighted by Gasteiger charge is -2.07. The van der Waals surface area contributed by atoms with Gasteiger partial charge < -0.3 is 19.2 Å². The zero-order valence-corrected chi connectivity index (χ0v) is 16.4. The number of carbonyl (C=O) groups is 2. The van der Waals surface area contributed by atoms with E-state index in [0.29, 0.717) is 33.9 Å². The molecular weight excluding hydrogens is 416 g/mol. The first kappa shape index (κ1) is 21.4. The van der Waals surface area contributed by atoms with Crippen LogP contribution < -0.4 is 10.1 Å². The minimum absolute atomic E-state index is 0.0529. The highest BCUT2D eigenvalue weighted by Gasteiger charge is 2.15. The van der Waals surface area contributed by atoms with Gasteiger partial charge >= 0.3 is 5.97 Å². The van der Waals surface area contributed by atoms with E-state index in [2.05, 4.69) is 5.32 Å². The van der Waals surface area contributed by atoms with Gasteiger partial charge in [0.1, 0.15) is 18.1 Å². The molecule has 1 amide bonds. The highest BCUT2D eigenvalue weighted by Crippen LogP contribution is 2.26. The highest BCUT2D eigenvalue weighted by atomic mass is 32.2. The van der Waals surface area contributed by atoms with Gasteiger partial charge in [-0.2, -0.15) is 8.78 Å². The standard InChI is InChI=1S/C21H17F2NO5S/c22-21(23)30-17-9-6-14(7-10-17)24-19(25)13-28-20(26)18-11-8-16(29-18)12-27-15-4-2-1-3-5-15/h1-11,21H,12-13H2,(H,24,25). The van der Waals surface area contributed by atoms with Crippen LogP contribution in [0.3, 0.4) is 0 Å². The van der Waals surface area contributed by atoms with Crippen LogP contribution in [0.2, 0.25) is 0 Å². The summed E-state index contributed by atoms with van der Waals surface area (Å²) in [4.78, 5) is 24.3. The van der Waals surface area contributed by atoms with E-state index in [-0.39, 0.29) is 12.4 Å². The van der Waals surface area contributed by atoms with E-state index in [1.165, 1.54) is 30.3 Å². The lowest BCUT2D eigenvalue weighted by Crippen LogP contribution is -2.20. The Labute approximate surface area is 175 Å². The third-order valence-corrected chi connectivity index (χ3v) is 4.41. The zero-order chi connectivity index (χ0) is 21.3. The second kappa shape index (κ2) is 10.4. The first-order valence-electron chi connectivity index (χ1n) is 8.78. The maximum Gasteiger partial charge on any atom is 0.374 e. The molecule has 0 fully saturated rings. The van der Waals surface area contributed by atoms with Crippen LogP contribution in [0.15, 0.2) is 76.0 Å². The Morgan fingerprint density at radius 3 is 2.43 bits per heavy atom. The van der Waals surface area contributed by atoms with E-state index < -0.39 is 24.2 Å². The maximum absolute atomic E-state index is 12.3. The van der Waals surface area contributed by atoms with Gasteiger partial charge in [-0.15, -0.1) is 0 Å². The number of hydrogen-bond acceptors (Lipinski definition) is 6. The van der Waals surface area contributed by atoms with Crippen molar-refractivity contribution in [3.05, 3.63) is 78.3 Å². The smallest absolute Gasteiger partial charge is 0.374 e. The van der Waals surface area contributed by atoms with Crippen molar-refractivity contribution in [3.8, 4) is 5.75 Å². The third-order valence-electron chi connectivity index (χ3n) is 3.68. The van der Waals surface area contributed by atoms with Crippen LogP contribution >= 0.6 is 11.8 Å². The summed E-state index contributed by atoms with van der Waals surface area (Å²) in [6.07, 6.45) is 0. The van der Waals surface area contributed by atoms with Crippen LogP contribution in [0.1, 0.15) is 16.3 Å². The van der Waals surface area contributed by atoms with Gasteiger partial charge in [0.05, 0.1) is 0 Å². The van der Waals surface area contributed by atoms with Crippen molar-refractivity contribution < 1.29 is 32.3 Å². The second-order valence-electron chi connectivity index (χ2n) is 5.89. The molecule has 0 aliphatic heterocycles. The molecule has 0 saturated heterocycles. The molecule has 0 aliphatic carbocycles. The molecule has 0 bridgehead atoms. The van der Waals surface area contributed by atoms with E-state index in [9.17, 15) is 18.4 Å². The fourth-order valence-electron chi connectivity index (χ4n) is 2.36. The maximum atomic E-state index is 12.3. The molecule has 0 aliphatic rings. The Bertz CT molecular complexity index is 977. The summed E-state index contributed by atoms with van der Waals surface area (Å²) in [5, 5.41) is 2.51. The number of ether oxygens (including phenoxy) is 2. The van der Waals surface area contributed by atoms with Crippen LogP contribution in [-0.4, -0.2) is 24.2 Å². The lowest BCUT2D eigenvalue weighted by molar-refractivity contribution is -0.119. The Hall–Kier alpha value is -3.33. The number of amides is 1. The Morgan fingerprint density at radius 1 is 1.00 bits per heavy atom. The molecule has 1 heterocycles. The summed E-state index contributed by atoms with van der Waals surface area (Å²) in [5.74, 6) is -2.84. The molecule has 3 rings (SSSR count). The fraction of sp³-hybridized carbons (Fsp3) is 0.143. The molecule has 3 aromatic rings. The first-order chi connectivity index (χ1) is 14.5. The number of halogens is 2. The van der Waals surface area contributed by atoms with Crippen LogP contribution in [-0.2, 0) is 16.1 Å². The number of esters is 1. The van der Waals surface area contributed by atoms with Crippen molar-refractivity contribution in [2.24, 2.45) is 0 Å². The normalized spacial score (nSPS) is 10.6. The largest absolute Gasteiger partial charge is 0.486 e. The molecule has 1 N–H and O–H groups in total. The van der Waals surface area contributed by atoms with Crippen molar-refractivity contribution in [3.63, 3.8) is 0 Å². The lowest BCUT2D eigenvalue weighted by atomic mass is 10.3. The number of thioether (sulfide) groups is 1. The number of hydrogen-bond donors (Lipinski definition) is 1. The van der Waals surface area contributed by atoms with E-state index in [4.69, 9.17) is 13.9 Å². The van der Waals surface area contributed by atoms with Crippen molar-refractivity contribution in [2.45, 2.75) is 17.3 Å². The molecule has 30 heavy (non-hydrogen) atoms. The molecule has 156 valence electrons. The first-order valence-corrected chi connectivity index (χ1v) is 9.66. The van der Waals surface area contributed by atoms with Gasteiger partial charge in [0.25, 0.3) is 11.7 Å². The molecule has 0 saturated carbocycles. The van der Waals surface area contributed by atoms with Crippen molar-refractivity contribution in [1.82, 2.24) is 0 Å². The topological polar surface area (TPSA) is 77.8 Å². The molecule has 1 aromatic heterocycles. The van der Waals surface area contributed by atoms with Crippen LogP contribution in [0, 0.1) is 0 Å². The number of para-hydroxylation sites is 1. The molecule has 9 heteroatoms. The second-order valence-corrected chi connectivity index (χ2v) is 6.96. The van der Waals surface area contributed by atoms with E-state index in [1.54, 1.807) is 18.2 Å². The van der Waals surface area contributed by atoms with Gasteiger partial charge in [-0.1, -0.05) is 30.0 Å². The average Bonchev–Trinajstić information content (AvgIpc) is 3.21. The summed E-state index contributed by atoms with van der Waals surface area (Å²) in [5.41, 5.74) is 0.396. The number of nitrogens with one attached hydrogen (secondary N) is 1. The quantitative estimate of drug-likeness (QED) is 0.379. The molecule has 6 nitrogen and oxygen atoms in total. The Morgan fingerprint density at radius 2 is 1.73 bits per heavy atom. The van der Waals surface area contributed by atoms with Crippen molar-refractivity contribution >= 4 is 29.3 Å².